The van der Waals surface area contributed by atoms with Gasteiger partial charge in [-0.25, -0.2) is 0 Å². The Balaban J connectivity index is 1.53. The molecule has 0 unspecified atom stereocenters. The zero-order chi connectivity index (χ0) is 23.6. The Bertz CT molecular complexity index is 1130. The van der Waals surface area contributed by atoms with E-state index in [2.05, 4.69) is 10.6 Å². The second kappa shape index (κ2) is 11.3. The largest absolute Gasteiger partial charge is 0.494 e. The molecule has 0 aliphatic rings. The highest BCUT2D eigenvalue weighted by Crippen LogP contribution is 2.19. The number of rotatable bonds is 10. The predicted molar refractivity (Wildman–Crippen MR) is 124 cm³/mol. The first-order chi connectivity index (χ1) is 16.0. The normalized spacial score (nSPS) is 10.2. The van der Waals surface area contributed by atoms with E-state index in [0.29, 0.717) is 29.4 Å². The molecule has 0 spiro atoms. The van der Waals surface area contributed by atoms with Crippen molar-refractivity contribution in [2.75, 3.05) is 18.5 Å². The van der Waals surface area contributed by atoms with Gasteiger partial charge in [-0.1, -0.05) is 24.3 Å². The van der Waals surface area contributed by atoms with E-state index < -0.39 is 11.8 Å². The first-order valence-corrected chi connectivity index (χ1v) is 10.4. The summed E-state index contributed by atoms with van der Waals surface area (Å²) in [6.45, 7) is 2.41. The molecule has 0 fully saturated rings. The topological polar surface area (TPSA) is 120 Å². The van der Waals surface area contributed by atoms with Crippen molar-refractivity contribution in [3.63, 3.8) is 0 Å². The number of primary amides is 1. The van der Waals surface area contributed by atoms with Crippen LogP contribution in [0.4, 0.5) is 5.69 Å². The minimum Gasteiger partial charge on any atom is -0.494 e. The molecular formula is C25H25N3O5. The van der Waals surface area contributed by atoms with Crippen LogP contribution in [-0.4, -0.2) is 30.9 Å². The lowest BCUT2D eigenvalue weighted by molar-refractivity contribution is -0.115. The zero-order valence-corrected chi connectivity index (χ0v) is 18.2. The molecular weight excluding hydrogens is 422 g/mol. The van der Waals surface area contributed by atoms with Gasteiger partial charge in [-0.2, -0.15) is 0 Å². The molecule has 33 heavy (non-hydrogen) atoms. The first-order valence-electron chi connectivity index (χ1n) is 10.4. The van der Waals surface area contributed by atoms with Gasteiger partial charge in [0.2, 0.25) is 5.91 Å². The summed E-state index contributed by atoms with van der Waals surface area (Å²) in [6.07, 6.45) is 0. The zero-order valence-electron chi connectivity index (χ0n) is 18.2. The van der Waals surface area contributed by atoms with Crippen LogP contribution in [0.2, 0.25) is 0 Å². The van der Waals surface area contributed by atoms with Gasteiger partial charge in [0.15, 0.2) is 0 Å². The number of hydrogen-bond donors (Lipinski definition) is 3. The van der Waals surface area contributed by atoms with Crippen LogP contribution >= 0.6 is 0 Å². The number of amides is 3. The average molecular weight is 447 g/mol. The van der Waals surface area contributed by atoms with Crippen LogP contribution < -0.4 is 25.8 Å². The van der Waals surface area contributed by atoms with E-state index in [4.69, 9.17) is 15.2 Å². The molecule has 3 aromatic rings. The molecule has 8 nitrogen and oxygen atoms in total. The maximum absolute atomic E-state index is 12.5. The van der Waals surface area contributed by atoms with Crippen LogP contribution in [0, 0.1) is 0 Å². The lowest BCUT2D eigenvalue weighted by atomic mass is 10.1. The van der Waals surface area contributed by atoms with Crippen molar-refractivity contribution >= 4 is 23.4 Å². The fourth-order valence-electron chi connectivity index (χ4n) is 3.03. The van der Waals surface area contributed by atoms with Gasteiger partial charge in [-0.3, -0.25) is 14.4 Å². The Hall–Kier alpha value is -4.33. The van der Waals surface area contributed by atoms with E-state index in [0.717, 1.165) is 5.56 Å². The van der Waals surface area contributed by atoms with Crippen LogP contribution in [0.5, 0.6) is 11.5 Å². The molecule has 0 aliphatic heterocycles. The number of benzene rings is 3. The van der Waals surface area contributed by atoms with Crippen molar-refractivity contribution < 1.29 is 23.9 Å². The molecule has 0 aliphatic carbocycles. The van der Waals surface area contributed by atoms with Gasteiger partial charge in [0.25, 0.3) is 11.8 Å². The van der Waals surface area contributed by atoms with E-state index in [1.54, 1.807) is 72.8 Å². The molecule has 3 rings (SSSR count). The van der Waals surface area contributed by atoms with Gasteiger partial charge in [-0.05, 0) is 61.0 Å². The summed E-state index contributed by atoms with van der Waals surface area (Å²) in [4.78, 5) is 36.1. The lowest BCUT2D eigenvalue weighted by Gasteiger charge is -2.11. The number of carbonyl (C=O) groups excluding carboxylic acids is 3. The Kier molecular flexibility index (Phi) is 8.02. The molecule has 170 valence electrons. The third kappa shape index (κ3) is 6.83. The van der Waals surface area contributed by atoms with Crippen molar-refractivity contribution in [1.82, 2.24) is 5.32 Å². The van der Waals surface area contributed by atoms with E-state index in [1.165, 1.54) is 0 Å². The minimum absolute atomic E-state index is 0.143. The third-order valence-corrected chi connectivity index (χ3v) is 4.59. The monoisotopic (exact) mass is 447 g/mol. The fraction of sp³-hybridized carbons (Fsp3) is 0.160. The maximum Gasteiger partial charge on any atom is 0.252 e. The van der Waals surface area contributed by atoms with Crippen molar-refractivity contribution in [2.45, 2.75) is 13.5 Å². The minimum atomic E-state index is -0.581. The number of para-hydroxylation sites is 1. The molecule has 0 bridgehead atoms. The van der Waals surface area contributed by atoms with Gasteiger partial charge in [-0.15, -0.1) is 0 Å². The van der Waals surface area contributed by atoms with Crippen molar-refractivity contribution in [2.24, 2.45) is 5.73 Å². The Morgan fingerprint density at radius 3 is 2.39 bits per heavy atom. The number of anilines is 1. The second-order valence-corrected chi connectivity index (χ2v) is 7.04. The molecule has 0 atom stereocenters. The third-order valence-electron chi connectivity index (χ3n) is 4.59. The van der Waals surface area contributed by atoms with Gasteiger partial charge in [0, 0.05) is 11.3 Å². The summed E-state index contributed by atoms with van der Waals surface area (Å²) in [5.74, 6) is -0.245. The SMILES string of the molecule is CCOc1ccc(NC(=O)CNC(=O)c2cccc(COc3ccccc3C(N)=O)c2)cc1. The Labute approximate surface area is 191 Å². The lowest BCUT2D eigenvalue weighted by Crippen LogP contribution is -2.32. The van der Waals surface area contributed by atoms with E-state index >= 15 is 0 Å². The summed E-state index contributed by atoms with van der Waals surface area (Å²) in [5.41, 5.74) is 7.35. The molecule has 0 saturated heterocycles. The highest BCUT2D eigenvalue weighted by molar-refractivity contribution is 5.99. The number of nitrogens with two attached hydrogens (primary N) is 1. The Morgan fingerprint density at radius 2 is 1.67 bits per heavy atom. The van der Waals surface area contributed by atoms with Gasteiger partial charge >= 0.3 is 0 Å². The van der Waals surface area contributed by atoms with Gasteiger partial charge < -0.3 is 25.8 Å². The van der Waals surface area contributed by atoms with E-state index in [1.807, 2.05) is 6.92 Å². The van der Waals surface area contributed by atoms with Crippen LogP contribution in [0.3, 0.4) is 0 Å². The molecule has 0 aromatic heterocycles. The highest BCUT2D eigenvalue weighted by Gasteiger charge is 2.11. The number of nitrogens with one attached hydrogen (secondary N) is 2. The molecule has 0 saturated carbocycles. The fourth-order valence-corrected chi connectivity index (χ4v) is 3.03. The highest BCUT2D eigenvalue weighted by atomic mass is 16.5. The van der Waals surface area contributed by atoms with Gasteiger partial charge in [0.05, 0.1) is 18.7 Å². The molecule has 0 heterocycles. The summed E-state index contributed by atoms with van der Waals surface area (Å²) in [5, 5.41) is 5.31. The van der Waals surface area contributed by atoms with E-state index in [9.17, 15) is 14.4 Å². The van der Waals surface area contributed by atoms with Crippen molar-refractivity contribution in [1.29, 1.82) is 0 Å². The average Bonchev–Trinajstić information content (AvgIpc) is 2.83. The molecule has 3 aromatic carbocycles. The van der Waals surface area contributed by atoms with Gasteiger partial charge in [0.1, 0.15) is 18.1 Å². The van der Waals surface area contributed by atoms with Crippen LogP contribution in [0.15, 0.2) is 72.8 Å². The Morgan fingerprint density at radius 1 is 0.909 bits per heavy atom. The summed E-state index contributed by atoms with van der Waals surface area (Å²) in [7, 11) is 0. The quantitative estimate of drug-likeness (QED) is 0.441. The summed E-state index contributed by atoms with van der Waals surface area (Å²) >= 11 is 0. The van der Waals surface area contributed by atoms with E-state index in [-0.39, 0.29) is 24.6 Å². The predicted octanol–water partition coefficient (Wildman–Crippen LogP) is 3.13. The smallest absolute Gasteiger partial charge is 0.252 e. The maximum atomic E-state index is 12.5. The molecule has 4 N–H and O–H groups in total. The van der Waals surface area contributed by atoms with Crippen molar-refractivity contribution in [3.8, 4) is 11.5 Å². The summed E-state index contributed by atoms with van der Waals surface area (Å²) < 4.78 is 11.1. The molecule has 0 radical (unpaired) electrons. The van der Waals surface area contributed by atoms with Crippen molar-refractivity contribution in [3.05, 3.63) is 89.5 Å². The number of hydrogen-bond acceptors (Lipinski definition) is 5. The van der Waals surface area contributed by atoms with Crippen LogP contribution in [-0.2, 0) is 11.4 Å². The summed E-state index contributed by atoms with van der Waals surface area (Å²) in [6, 6.07) is 20.5. The van der Waals surface area contributed by atoms with Crippen LogP contribution in [0.1, 0.15) is 33.2 Å². The molecule has 8 heteroatoms. The standard InChI is InChI=1S/C25H25N3O5/c1-2-32-20-12-10-19(11-13-20)28-23(29)15-27-25(31)18-7-5-6-17(14-18)16-33-22-9-4-3-8-21(22)24(26)30/h3-14H,2,15-16H2,1H3,(H2,26,30)(H,27,31)(H,28,29). The molecule has 3 amide bonds. The number of ether oxygens (including phenoxy) is 2. The number of carbonyl (C=O) groups is 3. The second-order valence-electron chi connectivity index (χ2n) is 7.04. The van der Waals surface area contributed by atoms with Crippen LogP contribution in [0.25, 0.3) is 0 Å². The first kappa shape index (κ1) is 23.3.